The lowest BCUT2D eigenvalue weighted by atomic mass is 10.3. The summed E-state index contributed by atoms with van der Waals surface area (Å²) >= 11 is 3.39. The van der Waals surface area contributed by atoms with E-state index >= 15 is 0 Å². The quantitative estimate of drug-likeness (QED) is 0.802. The van der Waals surface area contributed by atoms with E-state index < -0.39 is 0 Å². The number of benzene rings is 1. The third kappa shape index (κ3) is 4.32. The maximum atomic E-state index is 12.0. The molecule has 0 atom stereocenters. The molecule has 21 heavy (non-hydrogen) atoms. The topological polar surface area (TPSA) is 47.4 Å². The fourth-order valence-electron chi connectivity index (χ4n) is 1.79. The number of aromatic nitrogens is 2. The van der Waals surface area contributed by atoms with E-state index in [1.54, 1.807) is 12.3 Å². The molecule has 6 heteroatoms. The van der Waals surface area contributed by atoms with Gasteiger partial charge in [0.15, 0.2) is 0 Å². The van der Waals surface area contributed by atoms with Crippen molar-refractivity contribution in [2.75, 3.05) is 25.1 Å². The van der Waals surface area contributed by atoms with Crippen LogP contribution in [0.3, 0.4) is 0 Å². The first-order chi connectivity index (χ1) is 10.1. The highest BCUT2D eigenvalue weighted by Crippen LogP contribution is 2.17. The second-order valence-corrected chi connectivity index (χ2v) is 5.51. The van der Waals surface area contributed by atoms with E-state index in [4.69, 9.17) is 4.74 Å². The Bertz CT molecular complexity index is 657. The normalized spacial score (nSPS) is 10.4. The Kier molecular flexibility index (Phi) is 5.38. The Hall–Kier alpha value is -1.82. The smallest absolute Gasteiger partial charge is 0.268 e. The monoisotopic (exact) mass is 351 g/mol. The Labute approximate surface area is 132 Å². The minimum Gasteiger partial charge on any atom is -0.492 e. The van der Waals surface area contributed by atoms with Gasteiger partial charge in [-0.05, 0) is 25.1 Å². The molecule has 0 aliphatic heterocycles. The van der Waals surface area contributed by atoms with Crippen molar-refractivity contribution in [1.29, 1.82) is 0 Å². The highest BCUT2D eigenvalue weighted by atomic mass is 79.9. The summed E-state index contributed by atoms with van der Waals surface area (Å²) in [5.41, 5.74) is 0.706. The summed E-state index contributed by atoms with van der Waals surface area (Å²) in [4.78, 5) is 13.9. The molecule has 0 fully saturated rings. The van der Waals surface area contributed by atoms with Crippen molar-refractivity contribution in [1.82, 2.24) is 9.78 Å². The van der Waals surface area contributed by atoms with Gasteiger partial charge in [-0.3, -0.25) is 4.79 Å². The van der Waals surface area contributed by atoms with E-state index in [0.717, 1.165) is 22.5 Å². The van der Waals surface area contributed by atoms with Crippen LogP contribution < -0.4 is 15.2 Å². The van der Waals surface area contributed by atoms with Crippen LogP contribution >= 0.6 is 15.9 Å². The second kappa shape index (κ2) is 7.26. The second-order valence-electron chi connectivity index (χ2n) is 4.60. The molecule has 1 aromatic heterocycles. The number of hydrogen-bond acceptors (Lipinski definition) is 4. The van der Waals surface area contributed by atoms with Crippen LogP contribution in [0.25, 0.3) is 0 Å². The van der Waals surface area contributed by atoms with Crippen LogP contribution in [0.15, 0.2) is 45.8 Å². The highest BCUT2D eigenvalue weighted by Gasteiger charge is 2.03. The fraction of sp³-hybridized carbons (Fsp3) is 0.333. The predicted octanol–water partition coefficient (Wildman–Crippen LogP) is 2.54. The van der Waals surface area contributed by atoms with Gasteiger partial charge in [-0.1, -0.05) is 22.0 Å². The van der Waals surface area contributed by atoms with E-state index in [0.29, 0.717) is 13.2 Å². The van der Waals surface area contributed by atoms with Gasteiger partial charge < -0.3 is 9.64 Å². The van der Waals surface area contributed by atoms with Crippen molar-refractivity contribution in [2.45, 2.75) is 13.5 Å². The first kappa shape index (κ1) is 15.6. The zero-order chi connectivity index (χ0) is 15.2. The molecule has 0 aliphatic rings. The molecule has 0 aliphatic carbocycles. The van der Waals surface area contributed by atoms with E-state index in [2.05, 4.69) is 21.0 Å². The van der Waals surface area contributed by atoms with Crippen molar-refractivity contribution in [3.05, 3.63) is 51.4 Å². The Morgan fingerprint density at radius 2 is 2.19 bits per heavy atom. The molecule has 1 aromatic carbocycles. The van der Waals surface area contributed by atoms with Crippen molar-refractivity contribution < 1.29 is 4.74 Å². The van der Waals surface area contributed by atoms with Gasteiger partial charge in [0.25, 0.3) is 5.56 Å². The zero-order valence-electron chi connectivity index (χ0n) is 12.1. The molecule has 0 N–H and O–H groups in total. The maximum absolute atomic E-state index is 12.0. The molecule has 112 valence electrons. The number of nitrogens with zero attached hydrogens (tertiary/aromatic N) is 3. The predicted molar refractivity (Wildman–Crippen MR) is 87.1 cm³/mol. The Balaban J connectivity index is 1.96. The molecule has 2 rings (SSSR count). The van der Waals surface area contributed by atoms with Gasteiger partial charge in [-0.15, -0.1) is 0 Å². The van der Waals surface area contributed by atoms with Crippen LogP contribution in [0.1, 0.15) is 6.92 Å². The maximum Gasteiger partial charge on any atom is 0.268 e. The standard InChI is InChI=1S/C15H18BrN3O2/c1-3-18(2)13-10-15(20)19(17-11-13)7-8-21-14-6-4-5-12(16)9-14/h4-6,9-11H,3,7-8H2,1-2H3. The number of rotatable bonds is 6. The molecule has 0 amide bonds. The van der Waals surface area contributed by atoms with E-state index in [1.807, 2.05) is 43.1 Å². The average molecular weight is 352 g/mol. The summed E-state index contributed by atoms with van der Waals surface area (Å²) in [5, 5.41) is 4.17. The molecule has 0 unspecified atom stereocenters. The van der Waals surface area contributed by atoms with Crippen LogP contribution in [0.4, 0.5) is 5.69 Å². The van der Waals surface area contributed by atoms with Gasteiger partial charge in [0.05, 0.1) is 18.4 Å². The minimum absolute atomic E-state index is 0.120. The van der Waals surface area contributed by atoms with Crippen LogP contribution in [0, 0.1) is 0 Å². The number of ether oxygens (including phenoxy) is 1. The molecule has 1 heterocycles. The van der Waals surface area contributed by atoms with Crippen molar-refractivity contribution in [2.24, 2.45) is 0 Å². The summed E-state index contributed by atoms with van der Waals surface area (Å²) in [6.07, 6.45) is 1.70. The molecular weight excluding hydrogens is 334 g/mol. The molecule has 0 radical (unpaired) electrons. The Morgan fingerprint density at radius 3 is 2.86 bits per heavy atom. The largest absolute Gasteiger partial charge is 0.492 e. The van der Waals surface area contributed by atoms with Gasteiger partial charge in [0.1, 0.15) is 12.4 Å². The van der Waals surface area contributed by atoms with Crippen molar-refractivity contribution >= 4 is 21.6 Å². The first-order valence-electron chi connectivity index (χ1n) is 6.77. The summed E-state index contributed by atoms with van der Waals surface area (Å²) in [7, 11) is 1.93. The Morgan fingerprint density at radius 1 is 1.38 bits per heavy atom. The average Bonchev–Trinajstić information content (AvgIpc) is 2.48. The van der Waals surface area contributed by atoms with Crippen molar-refractivity contribution in [3.8, 4) is 5.75 Å². The number of anilines is 1. The van der Waals surface area contributed by atoms with Gasteiger partial charge in [-0.2, -0.15) is 5.10 Å². The van der Waals surface area contributed by atoms with E-state index in [1.165, 1.54) is 4.68 Å². The molecule has 5 nitrogen and oxygen atoms in total. The first-order valence-corrected chi connectivity index (χ1v) is 7.56. The SMILES string of the molecule is CCN(C)c1cnn(CCOc2cccc(Br)c2)c(=O)c1. The molecule has 0 saturated carbocycles. The highest BCUT2D eigenvalue weighted by molar-refractivity contribution is 9.10. The summed E-state index contributed by atoms with van der Waals surface area (Å²) in [6.45, 7) is 3.67. The lowest BCUT2D eigenvalue weighted by Crippen LogP contribution is -2.27. The molecule has 0 bridgehead atoms. The summed E-state index contributed by atoms with van der Waals surface area (Å²) in [6, 6.07) is 9.19. The molecule has 0 spiro atoms. The summed E-state index contributed by atoms with van der Waals surface area (Å²) < 4.78 is 7.97. The van der Waals surface area contributed by atoms with Gasteiger partial charge in [-0.25, -0.2) is 4.68 Å². The summed E-state index contributed by atoms with van der Waals surface area (Å²) in [5.74, 6) is 0.764. The lowest BCUT2D eigenvalue weighted by Gasteiger charge is -2.16. The van der Waals surface area contributed by atoms with Crippen LogP contribution in [0.5, 0.6) is 5.75 Å². The fourth-order valence-corrected chi connectivity index (χ4v) is 2.17. The van der Waals surface area contributed by atoms with Gasteiger partial charge >= 0.3 is 0 Å². The van der Waals surface area contributed by atoms with E-state index in [9.17, 15) is 4.79 Å². The molecule has 2 aromatic rings. The van der Waals surface area contributed by atoms with Gasteiger partial charge in [0, 0.05) is 24.1 Å². The van der Waals surface area contributed by atoms with Crippen LogP contribution in [-0.4, -0.2) is 30.0 Å². The minimum atomic E-state index is -0.120. The molecule has 0 saturated heterocycles. The van der Waals surface area contributed by atoms with Crippen LogP contribution in [0.2, 0.25) is 0 Å². The number of halogens is 1. The van der Waals surface area contributed by atoms with Gasteiger partial charge in [0.2, 0.25) is 0 Å². The number of hydrogen-bond donors (Lipinski definition) is 0. The third-order valence-corrected chi connectivity index (χ3v) is 3.63. The third-order valence-electron chi connectivity index (χ3n) is 3.14. The molecular formula is C15H18BrN3O2. The van der Waals surface area contributed by atoms with E-state index in [-0.39, 0.29) is 5.56 Å². The van der Waals surface area contributed by atoms with Crippen LogP contribution in [-0.2, 0) is 6.54 Å². The zero-order valence-corrected chi connectivity index (χ0v) is 13.7. The lowest BCUT2D eigenvalue weighted by molar-refractivity contribution is 0.287. The van der Waals surface area contributed by atoms with Crippen molar-refractivity contribution in [3.63, 3.8) is 0 Å².